The van der Waals surface area contributed by atoms with Crippen molar-refractivity contribution in [2.45, 2.75) is 40.2 Å². The number of nitrogens with one attached hydrogen (secondary N) is 1. The first kappa shape index (κ1) is 15.4. The summed E-state index contributed by atoms with van der Waals surface area (Å²) in [4.78, 5) is 16.8. The largest absolute Gasteiger partial charge is 0.396 e. The van der Waals surface area contributed by atoms with Crippen molar-refractivity contribution >= 4 is 17.0 Å². The van der Waals surface area contributed by atoms with Crippen molar-refractivity contribution in [1.82, 2.24) is 15.5 Å². The zero-order chi connectivity index (χ0) is 15.6. The molecule has 2 N–H and O–H groups in total. The van der Waals surface area contributed by atoms with Crippen LogP contribution in [0.3, 0.4) is 0 Å². The summed E-state index contributed by atoms with van der Waals surface area (Å²) in [6, 6.07) is 1.66. The number of rotatable bonds is 5. The molecule has 0 aromatic carbocycles. The number of aromatic nitrogens is 2. The monoisotopic (exact) mass is 291 g/mol. The second-order valence-electron chi connectivity index (χ2n) is 5.60. The predicted octanol–water partition coefficient (Wildman–Crippen LogP) is 1.98. The van der Waals surface area contributed by atoms with Crippen molar-refractivity contribution < 1.29 is 14.4 Å². The minimum atomic E-state index is -0.191. The van der Waals surface area contributed by atoms with Gasteiger partial charge in [0.15, 0.2) is 0 Å². The summed E-state index contributed by atoms with van der Waals surface area (Å²) in [6.45, 7) is 7.66. The van der Waals surface area contributed by atoms with Crippen LogP contribution in [0.5, 0.6) is 0 Å². The fourth-order valence-electron chi connectivity index (χ4n) is 2.35. The van der Waals surface area contributed by atoms with Crippen LogP contribution in [0.15, 0.2) is 10.6 Å². The number of aryl methyl sites for hydroxylation is 2. The van der Waals surface area contributed by atoms with E-state index in [1.54, 1.807) is 13.0 Å². The Bertz CT molecular complexity index is 649. The molecule has 0 saturated heterocycles. The second kappa shape index (κ2) is 6.22. The fraction of sp³-hybridized carbons (Fsp3) is 0.533. The highest BCUT2D eigenvalue weighted by Crippen LogP contribution is 2.22. The molecule has 2 heterocycles. The van der Waals surface area contributed by atoms with Crippen LogP contribution in [0.25, 0.3) is 11.1 Å². The van der Waals surface area contributed by atoms with Gasteiger partial charge in [-0.25, -0.2) is 4.98 Å². The van der Waals surface area contributed by atoms with Crippen molar-refractivity contribution in [2.24, 2.45) is 5.92 Å². The molecule has 0 aliphatic rings. The Labute approximate surface area is 123 Å². The Balaban J connectivity index is 2.36. The summed E-state index contributed by atoms with van der Waals surface area (Å²) < 4.78 is 5.14. The van der Waals surface area contributed by atoms with E-state index in [9.17, 15) is 4.79 Å². The molecule has 6 heteroatoms. The highest BCUT2D eigenvalue weighted by Gasteiger charge is 2.21. The molecule has 2 aromatic heterocycles. The maximum absolute atomic E-state index is 12.6. The lowest BCUT2D eigenvalue weighted by Gasteiger charge is -2.21. The molecule has 0 aliphatic carbocycles. The highest BCUT2D eigenvalue weighted by molar-refractivity contribution is 6.06. The molecule has 0 fully saturated rings. The van der Waals surface area contributed by atoms with Gasteiger partial charge in [-0.2, -0.15) is 0 Å². The van der Waals surface area contributed by atoms with E-state index < -0.39 is 0 Å². The Morgan fingerprint density at radius 1 is 1.43 bits per heavy atom. The van der Waals surface area contributed by atoms with E-state index in [0.29, 0.717) is 34.5 Å². The quantitative estimate of drug-likeness (QED) is 0.879. The van der Waals surface area contributed by atoms with Gasteiger partial charge in [0.1, 0.15) is 0 Å². The first-order valence-electron chi connectivity index (χ1n) is 7.09. The third-order valence-corrected chi connectivity index (χ3v) is 3.55. The van der Waals surface area contributed by atoms with Crippen molar-refractivity contribution in [3.8, 4) is 0 Å². The number of pyridine rings is 1. The van der Waals surface area contributed by atoms with E-state index in [-0.39, 0.29) is 24.5 Å². The summed E-state index contributed by atoms with van der Waals surface area (Å²) >= 11 is 0. The van der Waals surface area contributed by atoms with Gasteiger partial charge in [0.2, 0.25) is 0 Å². The van der Waals surface area contributed by atoms with Crippen LogP contribution >= 0.6 is 0 Å². The van der Waals surface area contributed by atoms with Crippen molar-refractivity contribution in [2.75, 3.05) is 6.61 Å². The minimum Gasteiger partial charge on any atom is -0.396 e. The topological polar surface area (TPSA) is 88.2 Å². The van der Waals surface area contributed by atoms with Gasteiger partial charge in [-0.15, -0.1) is 0 Å². The summed E-state index contributed by atoms with van der Waals surface area (Å²) in [5, 5.41) is 16.6. The van der Waals surface area contributed by atoms with Crippen LogP contribution in [0.1, 0.15) is 42.0 Å². The highest BCUT2D eigenvalue weighted by atomic mass is 16.5. The molecule has 0 spiro atoms. The maximum atomic E-state index is 12.6. The smallest absolute Gasteiger partial charge is 0.258 e. The molecule has 0 radical (unpaired) electrons. The molecular weight excluding hydrogens is 270 g/mol. The Morgan fingerprint density at radius 2 is 2.14 bits per heavy atom. The van der Waals surface area contributed by atoms with Gasteiger partial charge >= 0.3 is 0 Å². The average Bonchev–Trinajstić information content (AvgIpc) is 2.78. The van der Waals surface area contributed by atoms with Crippen molar-refractivity contribution in [1.29, 1.82) is 0 Å². The van der Waals surface area contributed by atoms with Crippen LogP contribution in [0.2, 0.25) is 0 Å². The van der Waals surface area contributed by atoms with Crippen LogP contribution in [-0.2, 0) is 0 Å². The van der Waals surface area contributed by atoms with Crippen LogP contribution in [0.4, 0.5) is 0 Å². The van der Waals surface area contributed by atoms with Gasteiger partial charge in [0, 0.05) is 18.3 Å². The van der Waals surface area contributed by atoms with Gasteiger partial charge < -0.3 is 14.9 Å². The molecule has 1 unspecified atom stereocenters. The van der Waals surface area contributed by atoms with E-state index in [0.717, 1.165) is 0 Å². The fourth-order valence-corrected chi connectivity index (χ4v) is 2.35. The lowest BCUT2D eigenvalue weighted by molar-refractivity contribution is 0.0918. The number of amides is 1. The van der Waals surface area contributed by atoms with E-state index in [4.69, 9.17) is 9.63 Å². The molecule has 0 bridgehead atoms. The van der Waals surface area contributed by atoms with Gasteiger partial charge in [-0.05, 0) is 32.3 Å². The van der Waals surface area contributed by atoms with Gasteiger partial charge in [0.05, 0.1) is 16.6 Å². The summed E-state index contributed by atoms with van der Waals surface area (Å²) in [7, 11) is 0. The molecule has 0 aliphatic heterocycles. The number of carbonyl (C=O) groups is 1. The molecular formula is C15H21N3O3. The van der Waals surface area contributed by atoms with Crippen LogP contribution in [-0.4, -0.2) is 33.8 Å². The Kier molecular flexibility index (Phi) is 4.57. The molecule has 1 atom stereocenters. The van der Waals surface area contributed by atoms with Gasteiger partial charge in [0.25, 0.3) is 11.6 Å². The summed E-state index contributed by atoms with van der Waals surface area (Å²) in [6.07, 6.45) is 0.527. The van der Waals surface area contributed by atoms with Crippen molar-refractivity contribution in [3.05, 3.63) is 23.0 Å². The summed E-state index contributed by atoms with van der Waals surface area (Å²) in [5.74, 6) is 0.0482. The second-order valence-corrected chi connectivity index (χ2v) is 5.60. The normalized spacial score (nSPS) is 12.9. The van der Waals surface area contributed by atoms with E-state index in [1.807, 2.05) is 20.8 Å². The standard InChI is InChI=1S/C15H21N3O3/c1-8(2)12(5-6-19)17-14(20)11-7-9(3)16-15-13(11)10(4)18-21-15/h7-8,12,19H,5-6H2,1-4H3,(H,17,20). The lowest BCUT2D eigenvalue weighted by Crippen LogP contribution is -2.39. The van der Waals surface area contributed by atoms with Crippen molar-refractivity contribution in [3.63, 3.8) is 0 Å². The molecule has 2 aromatic rings. The first-order valence-corrected chi connectivity index (χ1v) is 7.09. The number of hydrogen-bond acceptors (Lipinski definition) is 5. The molecule has 114 valence electrons. The molecule has 0 saturated carbocycles. The van der Waals surface area contributed by atoms with E-state index in [2.05, 4.69) is 15.5 Å². The number of nitrogens with zero attached hydrogens (tertiary/aromatic N) is 2. The maximum Gasteiger partial charge on any atom is 0.258 e. The zero-order valence-corrected chi connectivity index (χ0v) is 12.8. The van der Waals surface area contributed by atoms with E-state index >= 15 is 0 Å². The molecule has 2 rings (SSSR count). The lowest BCUT2D eigenvalue weighted by atomic mass is 10.0. The number of carbonyl (C=O) groups excluding carboxylic acids is 1. The molecule has 21 heavy (non-hydrogen) atoms. The number of hydrogen-bond donors (Lipinski definition) is 2. The number of aliphatic hydroxyl groups is 1. The molecule has 1 amide bonds. The zero-order valence-electron chi connectivity index (χ0n) is 12.8. The Hall–Kier alpha value is -1.95. The third-order valence-electron chi connectivity index (χ3n) is 3.55. The molecule has 6 nitrogen and oxygen atoms in total. The van der Waals surface area contributed by atoms with Gasteiger partial charge in [-0.3, -0.25) is 4.79 Å². The predicted molar refractivity (Wildman–Crippen MR) is 79.1 cm³/mol. The van der Waals surface area contributed by atoms with E-state index in [1.165, 1.54) is 0 Å². The summed E-state index contributed by atoms with van der Waals surface area (Å²) in [5.41, 5.74) is 2.23. The SMILES string of the molecule is Cc1cc(C(=O)NC(CCO)C(C)C)c2c(C)noc2n1. The third kappa shape index (κ3) is 3.21. The number of aliphatic hydroxyl groups excluding tert-OH is 1. The first-order chi connectivity index (χ1) is 9.93. The van der Waals surface area contributed by atoms with Crippen LogP contribution < -0.4 is 5.32 Å². The van der Waals surface area contributed by atoms with Gasteiger partial charge in [-0.1, -0.05) is 19.0 Å². The minimum absolute atomic E-state index is 0.0419. The number of fused-ring (bicyclic) bond motifs is 1. The Morgan fingerprint density at radius 3 is 2.76 bits per heavy atom. The van der Waals surface area contributed by atoms with Crippen LogP contribution in [0, 0.1) is 19.8 Å². The average molecular weight is 291 g/mol.